The molecule has 0 aromatic heterocycles. The normalized spacial score (nSPS) is 12.2. The molecule has 3 N–H and O–H groups in total. The summed E-state index contributed by atoms with van der Waals surface area (Å²) in [7, 11) is 1.52. The summed E-state index contributed by atoms with van der Waals surface area (Å²) < 4.78 is 45.0. The van der Waals surface area contributed by atoms with E-state index >= 15 is 0 Å². The van der Waals surface area contributed by atoms with Gasteiger partial charge in [-0.3, -0.25) is 5.84 Å². The molecular formula is C14H13F3N2O. The summed E-state index contributed by atoms with van der Waals surface area (Å²) >= 11 is 0. The molecule has 0 fully saturated rings. The van der Waals surface area contributed by atoms with Crippen molar-refractivity contribution >= 4 is 0 Å². The minimum absolute atomic E-state index is 0.0726. The second-order valence-electron chi connectivity index (χ2n) is 4.14. The average molecular weight is 282 g/mol. The highest BCUT2D eigenvalue weighted by Crippen LogP contribution is 2.27. The van der Waals surface area contributed by atoms with E-state index in [1.54, 1.807) is 24.3 Å². The molecule has 6 heteroatoms. The first kappa shape index (κ1) is 14.4. The zero-order valence-electron chi connectivity index (χ0n) is 10.7. The average Bonchev–Trinajstić information content (AvgIpc) is 2.48. The molecule has 0 radical (unpaired) electrons. The van der Waals surface area contributed by atoms with Crippen LogP contribution in [-0.4, -0.2) is 7.11 Å². The third-order valence-corrected chi connectivity index (χ3v) is 2.99. The lowest BCUT2D eigenvalue weighted by molar-refractivity contribution is 0.414. The molecule has 106 valence electrons. The molecular weight excluding hydrogens is 269 g/mol. The van der Waals surface area contributed by atoms with Gasteiger partial charge in [0.25, 0.3) is 0 Å². The number of methoxy groups -OCH3 is 1. The second-order valence-corrected chi connectivity index (χ2v) is 4.14. The van der Waals surface area contributed by atoms with Crippen molar-refractivity contribution in [2.75, 3.05) is 7.11 Å². The van der Waals surface area contributed by atoms with Crippen LogP contribution in [0.5, 0.6) is 5.75 Å². The number of nitrogens with one attached hydrogen (secondary N) is 1. The maximum Gasteiger partial charge on any atom is 0.194 e. The van der Waals surface area contributed by atoms with Crippen molar-refractivity contribution in [3.05, 3.63) is 65.0 Å². The van der Waals surface area contributed by atoms with Crippen molar-refractivity contribution < 1.29 is 17.9 Å². The molecule has 0 amide bonds. The van der Waals surface area contributed by atoms with E-state index in [2.05, 4.69) is 5.43 Å². The Morgan fingerprint density at radius 2 is 1.65 bits per heavy atom. The van der Waals surface area contributed by atoms with Gasteiger partial charge in [-0.1, -0.05) is 18.2 Å². The minimum Gasteiger partial charge on any atom is -0.497 e. The van der Waals surface area contributed by atoms with Crippen LogP contribution in [0.3, 0.4) is 0 Å². The lowest BCUT2D eigenvalue weighted by Gasteiger charge is -2.18. The smallest absolute Gasteiger partial charge is 0.194 e. The molecule has 0 bridgehead atoms. The van der Waals surface area contributed by atoms with Gasteiger partial charge in [0.2, 0.25) is 0 Å². The fourth-order valence-electron chi connectivity index (χ4n) is 1.93. The molecule has 0 saturated heterocycles. The number of halogens is 3. The number of hydrogen-bond donors (Lipinski definition) is 2. The van der Waals surface area contributed by atoms with E-state index in [9.17, 15) is 13.2 Å². The van der Waals surface area contributed by atoms with Crippen LogP contribution in [0.1, 0.15) is 17.2 Å². The molecule has 2 aromatic carbocycles. The third kappa shape index (κ3) is 2.61. The lowest BCUT2D eigenvalue weighted by atomic mass is 9.98. The summed E-state index contributed by atoms with van der Waals surface area (Å²) in [4.78, 5) is 0. The monoisotopic (exact) mass is 282 g/mol. The van der Waals surface area contributed by atoms with Gasteiger partial charge in [-0.25, -0.2) is 18.6 Å². The largest absolute Gasteiger partial charge is 0.497 e. The molecule has 1 unspecified atom stereocenters. The minimum atomic E-state index is -1.52. The predicted octanol–water partition coefficient (Wildman–Crippen LogP) is 2.67. The van der Waals surface area contributed by atoms with Gasteiger partial charge < -0.3 is 4.74 Å². The zero-order valence-corrected chi connectivity index (χ0v) is 10.7. The Bertz CT molecular complexity index is 602. The van der Waals surface area contributed by atoms with E-state index in [0.29, 0.717) is 11.3 Å². The Morgan fingerprint density at radius 3 is 2.20 bits per heavy atom. The van der Waals surface area contributed by atoms with Crippen LogP contribution in [-0.2, 0) is 0 Å². The Balaban J connectivity index is 2.44. The summed E-state index contributed by atoms with van der Waals surface area (Å²) in [5.41, 5.74) is 2.91. The molecule has 0 heterocycles. The van der Waals surface area contributed by atoms with Gasteiger partial charge in [0.15, 0.2) is 17.5 Å². The fourth-order valence-corrected chi connectivity index (χ4v) is 1.93. The number of benzene rings is 2. The molecule has 0 saturated carbocycles. The SMILES string of the molecule is COc1ccc(C(NN)c2ccc(F)c(F)c2F)cc1. The van der Waals surface area contributed by atoms with Gasteiger partial charge >= 0.3 is 0 Å². The molecule has 2 rings (SSSR count). The predicted molar refractivity (Wildman–Crippen MR) is 68.5 cm³/mol. The van der Waals surface area contributed by atoms with E-state index in [1.165, 1.54) is 7.11 Å². The van der Waals surface area contributed by atoms with Crippen molar-refractivity contribution in [2.24, 2.45) is 5.84 Å². The fraction of sp³-hybridized carbons (Fsp3) is 0.143. The van der Waals surface area contributed by atoms with Crippen LogP contribution in [0.2, 0.25) is 0 Å². The van der Waals surface area contributed by atoms with Gasteiger partial charge in [-0.2, -0.15) is 0 Å². The molecule has 3 nitrogen and oxygen atoms in total. The van der Waals surface area contributed by atoms with Crippen LogP contribution >= 0.6 is 0 Å². The van der Waals surface area contributed by atoms with Crippen LogP contribution < -0.4 is 16.0 Å². The summed E-state index contributed by atoms with van der Waals surface area (Å²) in [6.07, 6.45) is 0. The van der Waals surface area contributed by atoms with E-state index < -0.39 is 23.5 Å². The van der Waals surface area contributed by atoms with Gasteiger partial charge in [0.05, 0.1) is 13.2 Å². The van der Waals surface area contributed by atoms with Gasteiger partial charge in [0.1, 0.15) is 5.75 Å². The standard InChI is InChI=1S/C14H13F3N2O/c1-20-9-4-2-8(3-5-9)14(19-18)10-6-7-11(15)13(17)12(10)16/h2-7,14,19H,18H2,1H3. The van der Waals surface area contributed by atoms with Crippen LogP contribution in [0.25, 0.3) is 0 Å². The van der Waals surface area contributed by atoms with Crippen molar-refractivity contribution in [1.29, 1.82) is 0 Å². The Morgan fingerprint density at radius 1 is 1.00 bits per heavy atom. The van der Waals surface area contributed by atoms with Crippen LogP contribution in [0.4, 0.5) is 13.2 Å². The number of ether oxygens (including phenoxy) is 1. The molecule has 2 aromatic rings. The Labute approximate surface area is 114 Å². The molecule has 0 aliphatic heterocycles. The topological polar surface area (TPSA) is 47.3 Å². The third-order valence-electron chi connectivity index (χ3n) is 2.99. The Hall–Kier alpha value is -2.05. The highest BCUT2D eigenvalue weighted by atomic mass is 19.2. The van der Waals surface area contributed by atoms with Gasteiger partial charge in [0, 0.05) is 5.56 Å². The van der Waals surface area contributed by atoms with E-state index in [4.69, 9.17) is 10.6 Å². The van der Waals surface area contributed by atoms with Crippen LogP contribution in [0.15, 0.2) is 36.4 Å². The number of hydrogen-bond acceptors (Lipinski definition) is 3. The van der Waals surface area contributed by atoms with Gasteiger partial charge in [-0.05, 0) is 23.8 Å². The van der Waals surface area contributed by atoms with Crippen molar-refractivity contribution in [1.82, 2.24) is 5.43 Å². The quantitative estimate of drug-likeness (QED) is 0.515. The highest BCUT2D eigenvalue weighted by molar-refractivity contribution is 5.36. The van der Waals surface area contributed by atoms with E-state index in [0.717, 1.165) is 12.1 Å². The maximum absolute atomic E-state index is 13.8. The number of nitrogens with two attached hydrogens (primary N) is 1. The van der Waals surface area contributed by atoms with Gasteiger partial charge in [-0.15, -0.1) is 0 Å². The molecule has 0 spiro atoms. The molecule has 20 heavy (non-hydrogen) atoms. The molecule has 1 atom stereocenters. The summed E-state index contributed by atoms with van der Waals surface area (Å²) in [5, 5.41) is 0. The van der Waals surface area contributed by atoms with E-state index in [1.807, 2.05) is 0 Å². The summed E-state index contributed by atoms with van der Waals surface area (Å²) in [5.74, 6) is 2.00. The molecule has 0 aliphatic rings. The molecule has 0 aliphatic carbocycles. The first-order chi connectivity index (χ1) is 9.58. The Kier molecular flexibility index (Phi) is 4.26. The highest BCUT2D eigenvalue weighted by Gasteiger charge is 2.21. The lowest BCUT2D eigenvalue weighted by Crippen LogP contribution is -2.29. The van der Waals surface area contributed by atoms with Crippen molar-refractivity contribution in [2.45, 2.75) is 6.04 Å². The summed E-state index contributed by atoms with van der Waals surface area (Å²) in [6.45, 7) is 0. The number of hydrazine groups is 1. The van der Waals surface area contributed by atoms with E-state index in [-0.39, 0.29) is 5.56 Å². The second kappa shape index (κ2) is 5.94. The summed E-state index contributed by atoms with van der Waals surface area (Å²) in [6, 6.07) is 7.86. The van der Waals surface area contributed by atoms with Crippen LogP contribution in [0, 0.1) is 17.5 Å². The first-order valence-electron chi connectivity index (χ1n) is 5.82. The van der Waals surface area contributed by atoms with Crippen molar-refractivity contribution in [3.63, 3.8) is 0 Å². The maximum atomic E-state index is 13.8. The number of rotatable bonds is 4. The zero-order chi connectivity index (χ0) is 14.7. The van der Waals surface area contributed by atoms with Crippen molar-refractivity contribution in [3.8, 4) is 5.75 Å². The first-order valence-corrected chi connectivity index (χ1v) is 5.82.